The minimum atomic E-state index is 0.0219. The average Bonchev–Trinajstić information content (AvgIpc) is 3.25. The van der Waals surface area contributed by atoms with E-state index in [0.29, 0.717) is 0 Å². The first-order valence-corrected chi connectivity index (χ1v) is 23.9. The van der Waals surface area contributed by atoms with Crippen molar-refractivity contribution in [2.75, 3.05) is 0 Å². The van der Waals surface area contributed by atoms with Crippen LogP contribution in [0, 0.1) is 83.1 Å². The monoisotopic (exact) mass is 850 g/mol. The van der Waals surface area contributed by atoms with Gasteiger partial charge in [0.1, 0.15) is 0 Å². The Morgan fingerprint density at radius 2 is 0.379 bits per heavy atom. The molecule has 10 aromatic carbocycles. The molecule has 0 atom stereocenters. The minimum absolute atomic E-state index is 0.0219. The zero-order chi connectivity index (χ0) is 46.3. The third kappa shape index (κ3) is 7.00. The summed E-state index contributed by atoms with van der Waals surface area (Å²) in [6, 6.07) is 56.4. The van der Waals surface area contributed by atoms with Crippen LogP contribution in [0.5, 0.6) is 0 Å². The fraction of sp³-hybridized carbons (Fsp3) is 0.188. The molecule has 0 saturated carbocycles. The molecule has 0 bridgehead atoms. The average molecular weight is 851 g/mol. The highest BCUT2D eigenvalue weighted by Gasteiger charge is 2.35. The fourth-order valence-electron chi connectivity index (χ4n) is 12.9. The maximum atomic E-state index is 2.41. The summed E-state index contributed by atoms with van der Waals surface area (Å²) in [5.74, 6) is 0. The van der Waals surface area contributed by atoms with Crippen LogP contribution >= 0.6 is 0 Å². The number of hydrogen-bond acceptors (Lipinski definition) is 0. The van der Waals surface area contributed by atoms with Gasteiger partial charge in [0, 0.05) is 0 Å². The van der Waals surface area contributed by atoms with Crippen LogP contribution < -0.4 is 32.8 Å². The van der Waals surface area contributed by atoms with Gasteiger partial charge in [-0.3, -0.25) is 0 Å². The van der Waals surface area contributed by atoms with Crippen molar-refractivity contribution in [2.45, 2.75) is 83.1 Å². The topological polar surface area (TPSA) is 0 Å². The van der Waals surface area contributed by atoms with E-state index in [1.54, 1.807) is 0 Å². The molecule has 0 radical (unpaired) electrons. The molecule has 0 heterocycles. The molecule has 0 amide bonds. The standard InChI is InChI=1S/C64H60B2/c1-37-29-41(5)59(42(6)30-37)65(60-43(7)31-38(2)32-44(60)8)63-53-25-17-13-21-49(53)57(50-22-14-18-26-54(50)63)58-51-23-15-19-27-55(51)64(56-28-20-16-24-52(56)58)66(61-45(9)33-39(3)34-46(61)10)62-47(11)35-40(4)36-48(62)12/h13-36H,1-12H3. The number of fused-ring (bicyclic) bond motifs is 4. The Hall–Kier alpha value is -6.63. The van der Waals surface area contributed by atoms with E-state index >= 15 is 0 Å². The summed E-state index contributed by atoms with van der Waals surface area (Å²) in [6.45, 7) is 27.6. The Balaban J connectivity index is 1.38. The first kappa shape index (κ1) is 43.3. The van der Waals surface area contributed by atoms with Crippen molar-refractivity contribution in [3.8, 4) is 11.1 Å². The molecule has 322 valence electrons. The summed E-state index contributed by atoms with van der Waals surface area (Å²) < 4.78 is 0. The quantitative estimate of drug-likeness (QED) is 0.111. The second-order valence-electron chi connectivity index (χ2n) is 19.9. The molecule has 0 saturated heterocycles. The van der Waals surface area contributed by atoms with Crippen molar-refractivity contribution in [3.63, 3.8) is 0 Å². The first-order chi connectivity index (χ1) is 31.7. The van der Waals surface area contributed by atoms with Crippen LogP contribution in [0.15, 0.2) is 146 Å². The highest BCUT2D eigenvalue weighted by molar-refractivity contribution is 7.00. The van der Waals surface area contributed by atoms with Crippen LogP contribution in [0.25, 0.3) is 54.2 Å². The molecule has 10 aromatic rings. The molecule has 0 fully saturated rings. The largest absolute Gasteiger partial charge is 0.244 e. The van der Waals surface area contributed by atoms with Gasteiger partial charge in [0.05, 0.1) is 0 Å². The van der Waals surface area contributed by atoms with Gasteiger partial charge < -0.3 is 0 Å². The molecule has 0 aliphatic carbocycles. The van der Waals surface area contributed by atoms with Crippen molar-refractivity contribution in [1.82, 2.24) is 0 Å². The third-order valence-corrected chi connectivity index (χ3v) is 14.9. The molecule has 0 aliphatic rings. The predicted octanol–water partition coefficient (Wildman–Crippen LogP) is 12.7. The fourth-order valence-corrected chi connectivity index (χ4v) is 12.9. The number of rotatable bonds is 7. The molecule has 0 aliphatic heterocycles. The third-order valence-electron chi connectivity index (χ3n) is 14.9. The molecular formula is C64H60B2. The molecular weight excluding hydrogens is 790 g/mol. The summed E-state index contributed by atoms with van der Waals surface area (Å²) in [5.41, 5.74) is 27.0. The maximum absolute atomic E-state index is 2.41. The number of aryl methyl sites for hydroxylation is 12. The van der Waals surface area contributed by atoms with Gasteiger partial charge in [-0.15, -0.1) is 0 Å². The van der Waals surface area contributed by atoms with Crippen molar-refractivity contribution in [2.24, 2.45) is 0 Å². The summed E-state index contributed by atoms with van der Waals surface area (Å²) in [5, 5.41) is 10.4. The van der Waals surface area contributed by atoms with Gasteiger partial charge in [-0.1, -0.05) is 245 Å². The van der Waals surface area contributed by atoms with Gasteiger partial charge in [0.25, 0.3) is 0 Å². The van der Waals surface area contributed by atoms with Gasteiger partial charge in [0.2, 0.25) is 13.4 Å². The van der Waals surface area contributed by atoms with Crippen molar-refractivity contribution in [1.29, 1.82) is 0 Å². The number of benzene rings is 10. The lowest BCUT2D eigenvalue weighted by atomic mass is 9.33. The van der Waals surface area contributed by atoms with E-state index < -0.39 is 0 Å². The van der Waals surface area contributed by atoms with Crippen molar-refractivity contribution in [3.05, 3.63) is 212 Å². The second-order valence-corrected chi connectivity index (χ2v) is 19.9. The normalized spacial score (nSPS) is 11.6. The summed E-state index contributed by atoms with van der Waals surface area (Å²) in [6.07, 6.45) is 0. The molecule has 0 nitrogen and oxygen atoms in total. The van der Waals surface area contributed by atoms with Crippen LogP contribution in [0.1, 0.15) is 66.8 Å². The van der Waals surface area contributed by atoms with Gasteiger partial charge in [-0.05, 0) is 137 Å². The summed E-state index contributed by atoms with van der Waals surface area (Å²) >= 11 is 0. The van der Waals surface area contributed by atoms with Crippen LogP contribution in [0.4, 0.5) is 0 Å². The van der Waals surface area contributed by atoms with Gasteiger partial charge >= 0.3 is 0 Å². The molecule has 0 unspecified atom stereocenters. The SMILES string of the molecule is Cc1cc(C)c(B(c2c(C)cc(C)cc2C)c2c3ccccc3c(-c3c4ccccc4c(B(c4c(C)cc(C)cc4C)c4c(C)cc(C)cc4C)c4ccccc34)c3ccccc23)c(C)c1. The molecule has 10 rings (SSSR count). The first-order valence-electron chi connectivity index (χ1n) is 23.9. The molecule has 66 heavy (non-hydrogen) atoms. The van der Waals surface area contributed by atoms with Gasteiger partial charge in [-0.25, -0.2) is 0 Å². The van der Waals surface area contributed by atoms with Crippen molar-refractivity contribution < 1.29 is 0 Å². The van der Waals surface area contributed by atoms with E-state index in [2.05, 4.69) is 229 Å². The Morgan fingerprint density at radius 3 is 0.561 bits per heavy atom. The summed E-state index contributed by atoms with van der Waals surface area (Å²) in [7, 11) is 0. The number of hydrogen-bond donors (Lipinski definition) is 0. The highest BCUT2D eigenvalue weighted by atomic mass is 14.2. The Morgan fingerprint density at radius 1 is 0.212 bits per heavy atom. The lowest BCUT2D eigenvalue weighted by Gasteiger charge is -2.29. The zero-order valence-corrected chi connectivity index (χ0v) is 41.0. The van der Waals surface area contributed by atoms with E-state index in [9.17, 15) is 0 Å². The second kappa shape index (κ2) is 16.7. The van der Waals surface area contributed by atoms with Crippen LogP contribution in [-0.2, 0) is 0 Å². The Labute approximate surface area is 393 Å². The smallest absolute Gasteiger partial charge is 0.0628 e. The molecule has 0 aromatic heterocycles. The zero-order valence-electron chi connectivity index (χ0n) is 41.0. The van der Waals surface area contributed by atoms with E-state index in [-0.39, 0.29) is 13.4 Å². The van der Waals surface area contributed by atoms with E-state index in [0.717, 1.165) is 0 Å². The van der Waals surface area contributed by atoms with Crippen LogP contribution in [0.2, 0.25) is 0 Å². The van der Waals surface area contributed by atoms with Crippen LogP contribution in [0.3, 0.4) is 0 Å². The molecule has 2 heteroatoms. The lowest BCUT2D eigenvalue weighted by molar-refractivity contribution is 1.34. The van der Waals surface area contributed by atoms with E-state index in [4.69, 9.17) is 0 Å². The lowest BCUT2D eigenvalue weighted by Crippen LogP contribution is -2.56. The van der Waals surface area contributed by atoms with E-state index in [1.165, 1.54) is 154 Å². The van der Waals surface area contributed by atoms with Crippen molar-refractivity contribution >= 4 is 89.3 Å². The maximum Gasteiger partial charge on any atom is 0.244 e. The minimum Gasteiger partial charge on any atom is -0.0628 e. The van der Waals surface area contributed by atoms with Crippen LogP contribution in [-0.4, -0.2) is 13.4 Å². The van der Waals surface area contributed by atoms with E-state index in [1.807, 2.05) is 0 Å². The molecule has 0 N–H and O–H groups in total. The molecule has 0 spiro atoms. The summed E-state index contributed by atoms with van der Waals surface area (Å²) in [4.78, 5) is 0. The van der Waals surface area contributed by atoms with Gasteiger partial charge in [0.15, 0.2) is 0 Å². The van der Waals surface area contributed by atoms with Gasteiger partial charge in [-0.2, -0.15) is 0 Å². The Kier molecular flexibility index (Phi) is 10.9. The Bertz CT molecular complexity index is 3060. The predicted molar refractivity (Wildman–Crippen MR) is 294 cm³/mol. The highest BCUT2D eigenvalue weighted by Crippen LogP contribution is 2.43.